The summed E-state index contributed by atoms with van der Waals surface area (Å²) in [5.41, 5.74) is 0. The van der Waals surface area contributed by atoms with Crippen LogP contribution in [0.25, 0.3) is 11.7 Å². The molecule has 0 atom stereocenters. The number of thiophene rings is 2. The zero-order valence-corrected chi connectivity index (χ0v) is 8.67. The van der Waals surface area contributed by atoms with Crippen LogP contribution < -0.4 is 0 Å². The van der Waals surface area contributed by atoms with Crippen molar-refractivity contribution in [1.29, 1.82) is 0 Å². The van der Waals surface area contributed by atoms with Crippen molar-refractivity contribution in [2.75, 3.05) is 0 Å². The Labute approximate surface area is 88.1 Å². The van der Waals surface area contributed by atoms with E-state index in [1.165, 1.54) is 22.7 Å². The van der Waals surface area contributed by atoms with Gasteiger partial charge in [0.15, 0.2) is 11.7 Å². The van der Waals surface area contributed by atoms with Crippen LogP contribution >= 0.6 is 22.7 Å². The summed E-state index contributed by atoms with van der Waals surface area (Å²) < 4.78 is 26.9. The van der Waals surface area contributed by atoms with Crippen LogP contribution in [0.3, 0.4) is 0 Å². The fraction of sp³-hybridized carbons (Fsp3) is 0. The molecule has 4 heteroatoms. The minimum atomic E-state index is -0.776. The molecule has 2 heterocycles. The van der Waals surface area contributed by atoms with Crippen LogP contribution in [0.2, 0.25) is 0 Å². The van der Waals surface area contributed by atoms with Gasteiger partial charge in [-0.15, -0.1) is 22.7 Å². The molecule has 0 nitrogen and oxygen atoms in total. The van der Waals surface area contributed by atoms with Crippen LogP contribution in [-0.2, 0) is 0 Å². The topological polar surface area (TPSA) is 0 Å². The Morgan fingerprint density at radius 2 is 1.29 bits per heavy atom. The Hall–Kier alpha value is -1.00. The minimum Gasteiger partial charge on any atom is -0.202 e. The second kappa shape index (κ2) is 4.02. The van der Waals surface area contributed by atoms with E-state index < -0.39 is 11.7 Å². The lowest BCUT2D eigenvalue weighted by Crippen LogP contribution is -1.75. The largest absolute Gasteiger partial charge is 0.202 e. The second-order valence-electron chi connectivity index (χ2n) is 2.58. The van der Waals surface area contributed by atoms with E-state index in [1.807, 2.05) is 0 Å². The molecule has 0 radical (unpaired) electrons. The molecule has 0 N–H and O–H groups in total. The predicted molar refractivity (Wildman–Crippen MR) is 57.7 cm³/mol. The Balaban J connectivity index is 2.41. The maximum absolute atomic E-state index is 13.4. The Morgan fingerprint density at radius 3 is 1.57 bits per heavy atom. The van der Waals surface area contributed by atoms with Crippen LogP contribution in [0, 0.1) is 0 Å². The highest BCUT2D eigenvalue weighted by molar-refractivity contribution is 7.12. The number of hydrogen-bond donors (Lipinski definition) is 0. The Kier molecular flexibility index (Phi) is 2.74. The van der Waals surface area contributed by atoms with E-state index in [0.29, 0.717) is 9.75 Å². The van der Waals surface area contributed by atoms with E-state index >= 15 is 0 Å². The quantitative estimate of drug-likeness (QED) is 0.706. The van der Waals surface area contributed by atoms with E-state index in [1.54, 1.807) is 35.0 Å². The molecular formula is C10H6F2S2. The van der Waals surface area contributed by atoms with Gasteiger partial charge in [0.25, 0.3) is 0 Å². The maximum atomic E-state index is 13.4. The van der Waals surface area contributed by atoms with Gasteiger partial charge >= 0.3 is 0 Å². The van der Waals surface area contributed by atoms with Gasteiger partial charge in [-0.1, -0.05) is 12.1 Å². The Bertz CT molecular complexity index is 384. The summed E-state index contributed by atoms with van der Waals surface area (Å²) in [7, 11) is 0. The van der Waals surface area contributed by atoms with Gasteiger partial charge in [-0.25, -0.2) is 8.78 Å². The van der Waals surface area contributed by atoms with Crippen molar-refractivity contribution >= 4 is 34.3 Å². The zero-order chi connectivity index (χ0) is 9.97. The lowest BCUT2D eigenvalue weighted by molar-refractivity contribution is 0.705. The third-order valence-corrected chi connectivity index (χ3v) is 3.39. The second-order valence-corrected chi connectivity index (χ2v) is 4.48. The predicted octanol–water partition coefficient (Wildman–Crippen LogP) is 4.57. The van der Waals surface area contributed by atoms with E-state index in [0.717, 1.165) is 0 Å². The highest BCUT2D eigenvalue weighted by atomic mass is 32.1. The number of rotatable bonds is 2. The van der Waals surface area contributed by atoms with Gasteiger partial charge in [0.05, 0.1) is 9.75 Å². The molecule has 0 aromatic carbocycles. The molecule has 0 fully saturated rings. The summed E-state index contributed by atoms with van der Waals surface area (Å²) in [6.45, 7) is 0. The molecule has 72 valence electrons. The third-order valence-electron chi connectivity index (χ3n) is 1.67. The molecule has 14 heavy (non-hydrogen) atoms. The lowest BCUT2D eigenvalue weighted by Gasteiger charge is -1.95. The highest BCUT2D eigenvalue weighted by Crippen LogP contribution is 2.32. The fourth-order valence-corrected chi connectivity index (χ4v) is 2.33. The monoisotopic (exact) mass is 228 g/mol. The standard InChI is InChI=1S/C10H6F2S2/c11-9(7-3-1-5-13-7)10(12)8-4-2-6-14-8/h1-6H/b10-9-. The van der Waals surface area contributed by atoms with Crippen molar-refractivity contribution in [3.63, 3.8) is 0 Å². The average Bonchev–Trinajstić information content (AvgIpc) is 2.87. The van der Waals surface area contributed by atoms with E-state index in [2.05, 4.69) is 0 Å². The molecule has 0 amide bonds. The Morgan fingerprint density at radius 1 is 0.857 bits per heavy atom. The van der Waals surface area contributed by atoms with Gasteiger partial charge in [0, 0.05) is 0 Å². The summed E-state index contributed by atoms with van der Waals surface area (Å²) in [4.78, 5) is 0.659. The van der Waals surface area contributed by atoms with Gasteiger partial charge in [-0.3, -0.25) is 0 Å². The molecule has 0 bridgehead atoms. The van der Waals surface area contributed by atoms with Gasteiger partial charge < -0.3 is 0 Å². The van der Waals surface area contributed by atoms with Gasteiger partial charge in [-0.2, -0.15) is 0 Å². The van der Waals surface area contributed by atoms with Gasteiger partial charge in [0.2, 0.25) is 0 Å². The third kappa shape index (κ3) is 1.76. The first-order valence-electron chi connectivity index (χ1n) is 3.92. The molecule has 0 aliphatic rings. The van der Waals surface area contributed by atoms with Crippen molar-refractivity contribution in [1.82, 2.24) is 0 Å². The van der Waals surface area contributed by atoms with E-state index in [-0.39, 0.29) is 0 Å². The van der Waals surface area contributed by atoms with E-state index in [9.17, 15) is 8.78 Å². The molecule has 2 aromatic heterocycles. The molecular weight excluding hydrogens is 222 g/mol. The highest BCUT2D eigenvalue weighted by Gasteiger charge is 2.12. The van der Waals surface area contributed by atoms with Gasteiger partial charge in [0.1, 0.15) is 0 Å². The summed E-state index contributed by atoms with van der Waals surface area (Å²) >= 11 is 2.38. The molecule has 0 spiro atoms. The van der Waals surface area contributed by atoms with Crippen molar-refractivity contribution in [3.8, 4) is 0 Å². The van der Waals surface area contributed by atoms with Crippen LogP contribution in [0.5, 0.6) is 0 Å². The van der Waals surface area contributed by atoms with Crippen molar-refractivity contribution in [2.24, 2.45) is 0 Å². The van der Waals surface area contributed by atoms with E-state index in [4.69, 9.17) is 0 Å². The first-order valence-corrected chi connectivity index (χ1v) is 5.68. The smallest absolute Gasteiger partial charge is 0.177 e. The van der Waals surface area contributed by atoms with Crippen LogP contribution in [-0.4, -0.2) is 0 Å². The summed E-state index contributed by atoms with van der Waals surface area (Å²) in [5, 5.41) is 3.44. The molecule has 2 aromatic rings. The zero-order valence-electron chi connectivity index (χ0n) is 7.04. The molecule has 0 saturated carbocycles. The molecule has 2 rings (SSSR count). The van der Waals surface area contributed by atoms with Crippen LogP contribution in [0.1, 0.15) is 9.75 Å². The summed E-state index contributed by atoms with van der Waals surface area (Å²) in [6, 6.07) is 6.52. The lowest BCUT2D eigenvalue weighted by atomic mass is 10.3. The number of hydrogen-bond acceptors (Lipinski definition) is 2. The molecule has 0 unspecified atom stereocenters. The number of halogens is 2. The fourth-order valence-electron chi connectivity index (χ4n) is 1.02. The first-order chi connectivity index (χ1) is 6.79. The maximum Gasteiger partial charge on any atom is 0.177 e. The van der Waals surface area contributed by atoms with Crippen molar-refractivity contribution in [3.05, 3.63) is 44.8 Å². The normalized spacial score (nSPS) is 12.7. The van der Waals surface area contributed by atoms with Crippen molar-refractivity contribution in [2.45, 2.75) is 0 Å². The minimum absolute atomic E-state index is 0.330. The van der Waals surface area contributed by atoms with Crippen LogP contribution in [0.15, 0.2) is 35.0 Å². The van der Waals surface area contributed by atoms with Gasteiger partial charge in [-0.05, 0) is 22.9 Å². The molecule has 0 aliphatic heterocycles. The SMILES string of the molecule is F/C(=C(\F)c1cccs1)c1cccs1. The summed E-state index contributed by atoms with van der Waals surface area (Å²) in [5.74, 6) is -1.55. The summed E-state index contributed by atoms with van der Waals surface area (Å²) in [6.07, 6.45) is 0. The first kappa shape index (κ1) is 9.55. The molecule has 0 saturated heterocycles. The average molecular weight is 228 g/mol. The van der Waals surface area contributed by atoms with Crippen molar-refractivity contribution < 1.29 is 8.78 Å². The van der Waals surface area contributed by atoms with Crippen LogP contribution in [0.4, 0.5) is 8.78 Å². The molecule has 0 aliphatic carbocycles.